The van der Waals surface area contributed by atoms with E-state index in [1.807, 2.05) is 0 Å². The van der Waals surface area contributed by atoms with Crippen molar-refractivity contribution in [2.75, 3.05) is 18.5 Å². The third-order valence-electron chi connectivity index (χ3n) is 4.90. The lowest BCUT2D eigenvalue weighted by Gasteiger charge is -2.15. The summed E-state index contributed by atoms with van der Waals surface area (Å²) in [5.41, 5.74) is 2.43. The van der Waals surface area contributed by atoms with Crippen LogP contribution in [-0.4, -0.2) is 32.9 Å². The number of benzene rings is 1. The molecular formula is C18H17F2N5O. The first kappa shape index (κ1) is 15.6. The lowest BCUT2D eigenvalue weighted by atomic mass is 10.1. The van der Waals surface area contributed by atoms with Crippen LogP contribution in [-0.2, 0) is 11.2 Å². The van der Waals surface area contributed by atoms with E-state index in [1.165, 1.54) is 12.1 Å². The van der Waals surface area contributed by atoms with Gasteiger partial charge in [-0.25, -0.2) is 23.4 Å². The molecule has 134 valence electrons. The number of hydrogen-bond acceptors (Lipinski definition) is 5. The lowest BCUT2D eigenvalue weighted by Crippen LogP contribution is -2.15. The fourth-order valence-electron chi connectivity index (χ4n) is 3.62. The molecule has 1 unspecified atom stereocenters. The summed E-state index contributed by atoms with van der Waals surface area (Å²) in [5.74, 6) is -1.03. The molecule has 5 rings (SSSR count). The van der Waals surface area contributed by atoms with Crippen LogP contribution in [0.3, 0.4) is 0 Å². The minimum absolute atomic E-state index is 0.275. The topological polar surface area (TPSA) is 64.9 Å². The van der Waals surface area contributed by atoms with Gasteiger partial charge in [-0.05, 0) is 31.7 Å². The highest BCUT2D eigenvalue weighted by molar-refractivity contribution is 5.92. The van der Waals surface area contributed by atoms with Crippen LogP contribution in [0.1, 0.15) is 31.2 Å². The number of fused-ring (bicyclic) bond motifs is 2. The Morgan fingerprint density at radius 3 is 2.92 bits per heavy atom. The van der Waals surface area contributed by atoms with Crippen LogP contribution in [0, 0.1) is 11.6 Å². The summed E-state index contributed by atoms with van der Waals surface area (Å²) in [6.45, 7) is 1.51. The third kappa shape index (κ3) is 2.44. The van der Waals surface area contributed by atoms with Gasteiger partial charge in [0.1, 0.15) is 17.2 Å². The molecule has 2 aromatic heterocycles. The molecule has 1 saturated heterocycles. The molecule has 6 nitrogen and oxygen atoms in total. The Morgan fingerprint density at radius 1 is 1.19 bits per heavy atom. The van der Waals surface area contributed by atoms with Gasteiger partial charge >= 0.3 is 0 Å². The minimum Gasteiger partial charge on any atom is -0.369 e. The summed E-state index contributed by atoms with van der Waals surface area (Å²) in [5, 5.41) is 8.34. The zero-order valence-corrected chi connectivity index (χ0v) is 14.0. The van der Waals surface area contributed by atoms with Crippen molar-refractivity contribution < 1.29 is 13.5 Å². The van der Waals surface area contributed by atoms with Gasteiger partial charge in [-0.1, -0.05) is 0 Å². The predicted molar refractivity (Wildman–Crippen MR) is 91.7 cm³/mol. The molecule has 1 atom stereocenters. The van der Waals surface area contributed by atoms with Crippen LogP contribution < -0.4 is 5.32 Å². The molecule has 0 amide bonds. The molecule has 0 bridgehead atoms. The smallest absolute Gasteiger partial charge is 0.161 e. The maximum absolute atomic E-state index is 13.9. The van der Waals surface area contributed by atoms with E-state index in [1.54, 1.807) is 10.9 Å². The molecule has 0 aliphatic carbocycles. The fourth-order valence-corrected chi connectivity index (χ4v) is 3.62. The highest BCUT2D eigenvalue weighted by Gasteiger charge is 2.25. The van der Waals surface area contributed by atoms with E-state index in [-0.39, 0.29) is 6.23 Å². The Kier molecular flexibility index (Phi) is 3.59. The Labute approximate surface area is 148 Å². The van der Waals surface area contributed by atoms with Gasteiger partial charge in [0.05, 0.1) is 17.4 Å². The van der Waals surface area contributed by atoms with Crippen LogP contribution >= 0.6 is 0 Å². The summed E-state index contributed by atoms with van der Waals surface area (Å²) in [6.07, 6.45) is 4.86. The van der Waals surface area contributed by atoms with E-state index in [0.717, 1.165) is 43.7 Å². The van der Waals surface area contributed by atoms with Crippen molar-refractivity contribution in [1.29, 1.82) is 0 Å². The molecule has 26 heavy (non-hydrogen) atoms. The quantitative estimate of drug-likeness (QED) is 0.761. The van der Waals surface area contributed by atoms with Crippen molar-refractivity contribution in [3.8, 4) is 11.4 Å². The normalized spacial score (nSPS) is 19.5. The van der Waals surface area contributed by atoms with E-state index in [0.29, 0.717) is 28.9 Å². The van der Waals surface area contributed by atoms with Gasteiger partial charge in [-0.2, -0.15) is 5.10 Å². The number of aryl methyl sites for hydroxylation is 1. The highest BCUT2D eigenvalue weighted by Crippen LogP contribution is 2.34. The predicted octanol–water partition coefficient (Wildman–Crippen LogP) is 3.44. The largest absolute Gasteiger partial charge is 0.369 e. The molecule has 8 heteroatoms. The fraction of sp³-hybridized carbons (Fsp3) is 0.389. The maximum Gasteiger partial charge on any atom is 0.161 e. The molecule has 0 radical (unpaired) electrons. The van der Waals surface area contributed by atoms with Crippen LogP contribution in [0.25, 0.3) is 22.3 Å². The van der Waals surface area contributed by atoms with Crippen molar-refractivity contribution in [1.82, 2.24) is 19.7 Å². The molecule has 2 aliphatic rings. The Bertz CT molecular complexity index is 997. The van der Waals surface area contributed by atoms with Gasteiger partial charge in [0.15, 0.2) is 17.9 Å². The monoisotopic (exact) mass is 357 g/mol. The van der Waals surface area contributed by atoms with E-state index in [2.05, 4.69) is 20.4 Å². The third-order valence-corrected chi connectivity index (χ3v) is 4.90. The second-order valence-corrected chi connectivity index (χ2v) is 6.63. The van der Waals surface area contributed by atoms with Crippen LogP contribution in [0.15, 0.2) is 18.3 Å². The second-order valence-electron chi connectivity index (χ2n) is 6.63. The number of aromatic nitrogens is 4. The van der Waals surface area contributed by atoms with Crippen LogP contribution in [0.5, 0.6) is 0 Å². The standard InChI is InChI=1S/C18H17F2N5O/c19-11-7-10-15(8-12(11)20)25(16-4-2-6-26-16)24-17(10)14-9-22-18-13(23-14)3-1-5-21-18/h7-9,16H,1-6H2,(H,21,22). The molecule has 1 aromatic carbocycles. The number of anilines is 1. The minimum atomic E-state index is -0.904. The molecule has 0 saturated carbocycles. The first-order chi connectivity index (χ1) is 12.7. The second kappa shape index (κ2) is 5.98. The summed E-state index contributed by atoms with van der Waals surface area (Å²) >= 11 is 0. The molecule has 1 fully saturated rings. The van der Waals surface area contributed by atoms with Gasteiger partial charge in [-0.15, -0.1) is 0 Å². The van der Waals surface area contributed by atoms with Crippen molar-refractivity contribution in [2.24, 2.45) is 0 Å². The van der Waals surface area contributed by atoms with E-state index in [4.69, 9.17) is 4.74 Å². The molecule has 4 heterocycles. The number of nitrogens with one attached hydrogen (secondary N) is 1. The molecule has 0 spiro atoms. The van der Waals surface area contributed by atoms with Crippen molar-refractivity contribution in [3.63, 3.8) is 0 Å². The van der Waals surface area contributed by atoms with Crippen LogP contribution in [0.2, 0.25) is 0 Å². The average Bonchev–Trinajstić information content (AvgIpc) is 3.30. The number of ether oxygens (including phenoxy) is 1. The molecule has 2 aliphatic heterocycles. The van der Waals surface area contributed by atoms with Crippen molar-refractivity contribution in [2.45, 2.75) is 31.9 Å². The van der Waals surface area contributed by atoms with Gasteiger partial charge in [0.25, 0.3) is 0 Å². The van der Waals surface area contributed by atoms with Gasteiger partial charge in [0, 0.05) is 24.6 Å². The number of rotatable bonds is 2. The van der Waals surface area contributed by atoms with Gasteiger partial charge < -0.3 is 10.1 Å². The van der Waals surface area contributed by atoms with Crippen molar-refractivity contribution in [3.05, 3.63) is 35.7 Å². The zero-order chi connectivity index (χ0) is 17.7. The summed E-state index contributed by atoms with van der Waals surface area (Å²) in [6, 6.07) is 2.36. The summed E-state index contributed by atoms with van der Waals surface area (Å²) < 4.78 is 35.1. The van der Waals surface area contributed by atoms with E-state index >= 15 is 0 Å². The average molecular weight is 357 g/mol. The van der Waals surface area contributed by atoms with E-state index in [9.17, 15) is 8.78 Å². The first-order valence-corrected chi connectivity index (χ1v) is 8.80. The Morgan fingerprint density at radius 2 is 2.08 bits per heavy atom. The zero-order valence-electron chi connectivity index (χ0n) is 14.0. The SMILES string of the molecule is Fc1cc2c(-c3cnc4c(n3)CCCN4)nn(C3CCCO3)c2cc1F. The summed E-state index contributed by atoms with van der Waals surface area (Å²) in [4.78, 5) is 9.10. The molecule has 3 aromatic rings. The number of nitrogens with zero attached hydrogens (tertiary/aromatic N) is 4. The lowest BCUT2D eigenvalue weighted by molar-refractivity contribution is 0.0505. The molecule has 1 N–H and O–H groups in total. The number of hydrogen-bond donors (Lipinski definition) is 1. The van der Waals surface area contributed by atoms with E-state index < -0.39 is 11.6 Å². The Hall–Kier alpha value is -2.61. The highest BCUT2D eigenvalue weighted by atomic mass is 19.2. The maximum atomic E-state index is 13.9. The summed E-state index contributed by atoms with van der Waals surface area (Å²) in [7, 11) is 0. The van der Waals surface area contributed by atoms with Gasteiger partial charge in [0.2, 0.25) is 0 Å². The Balaban J connectivity index is 1.71. The van der Waals surface area contributed by atoms with Gasteiger partial charge in [-0.3, -0.25) is 0 Å². The van der Waals surface area contributed by atoms with Crippen molar-refractivity contribution >= 4 is 16.7 Å². The first-order valence-electron chi connectivity index (χ1n) is 8.80. The van der Waals surface area contributed by atoms with Crippen LogP contribution in [0.4, 0.5) is 14.6 Å². The molecular weight excluding hydrogens is 340 g/mol. The number of halogens is 2.